The molecule has 2 aromatic heterocycles. The highest BCUT2D eigenvalue weighted by atomic mass is 15.1. The van der Waals surface area contributed by atoms with Crippen molar-refractivity contribution >= 4 is 0 Å². The Kier molecular flexibility index (Phi) is 2.51. The second-order valence-corrected chi connectivity index (χ2v) is 2.89. The highest BCUT2D eigenvalue weighted by molar-refractivity contribution is 5.56. The Labute approximate surface area is 81.6 Å². The SMILES string of the molecule is CNCc1cn[nH]c1-c1cnccn1. The summed E-state index contributed by atoms with van der Waals surface area (Å²) in [5, 5.41) is 9.97. The number of aromatic nitrogens is 4. The third kappa shape index (κ3) is 1.62. The first-order chi connectivity index (χ1) is 6.92. The molecule has 0 spiro atoms. The number of hydrogen-bond donors (Lipinski definition) is 2. The fourth-order valence-corrected chi connectivity index (χ4v) is 1.29. The van der Waals surface area contributed by atoms with Crippen LogP contribution in [0.1, 0.15) is 5.56 Å². The molecule has 0 bridgehead atoms. The predicted molar refractivity (Wildman–Crippen MR) is 52.4 cm³/mol. The van der Waals surface area contributed by atoms with Gasteiger partial charge in [0.15, 0.2) is 0 Å². The van der Waals surface area contributed by atoms with Crippen LogP contribution in [0, 0.1) is 0 Å². The first-order valence-corrected chi connectivity index (χ1v) is 4.35. The molecule has 0 aliphatic heterocycles. The van der Waals surface area contributed by atoms with Crippen LogP contribution in [0.5, 0.6) is 0 Å². The maximum Gasteiger partial charge on any atom is 0.107 e. The lowest BCUT2D eigenvalue weighted by Crippen LogP contribution is -2.05. The highest BCUT2D eigenvalue weighted by Gasteiger charge is 2.07. The van der Waals surface area contributed by atoms with E-state index >= 15 is 0 Å². The average Bonchev–Trinajstić information content (AvgIpc) is 2.68. The fraction of sp³-hybridized carbons (Fsp3) is 0.222. The topological polar surface area (TPSA) is 66.5 Å². The molecule has 0 aliphatic rings. The van der Waals surface area contributed by atoms with Crippen LogP contribution in [0.4, 0.5) is 0 Å². The van der Waals surface area contributed by atoms with Crippen molar-refractivity contribution in [3.05, 3.63) is 30.4 Å². The Hall–Kier alpha value is -1.75. The van der Waals surface area contributed by atoms with Crippen molar-refractivity contribution in [2.45, 2.75) is 6.54 Å². The van der Waals surface area contributed by atoms with Gasteiger partial charge in [-0.2, -0.15) is 5.10 Å². The summed E-state index contributed by atoms with van der Waals surface area (Å²) in [6, 6.07) is 0. The van der Waals surface area contributed by atoms with Crippen molar-refractivity contribution < 1.29 is 0 Å². The van der Waals surface area contributed by atoms with Crippen LogP contribution in [0.25, 0.3) is 11.4 Å². The van der Waals surface area contributed by atoms with E-state index in [1.165, 1.54) is 0 Å². The molecular formula is C9H11N5. The molecule has 72 valence electrons. The van der Waals surface area contributed by atoms with Crippen molar-refractivity contribution in [3.8, 4) is 11.4 Å². The van der Waals surface area contributed by atoms with E-state index in [1.54, 1.807) is 24.8 Å². The third-order valence-corrected chi connectivity index (χ3v) is 1.90. The van der Waals surface area contributed by atoms with E-state index in [4.69, 9.17) is 0 Å². The monoisotopic (exact) mass is 189 g/mol. The minimum atomic E-state index is 0.766. The Morgan fingerprint density at radius 2 is 2.29 bits per heavy atom. The number of nitrogens with zero attached hydrogens (tertiary/aromatic N) is 3. The lowest BCUT2D eigenvalue weighted by Gasteiger charge is -2.00. The van der Waals surface area contributed by atoms with Gasteiger partial charge in [0.1, 0.15) is 5.69 Å². The predicted octanol–water partition coefficient (Wildman–Crippen LogP) is 0.586. The zero-order valence-corrected chi connectivity index (χ0v) is 7.86. The number of hydrogen-bond acceptors (Lipinski definition) is 4. The molecule has 2 N–H and O–H groups in total. The van der Waals surface area contributed by atoms with Gasteiger partial charge in [-0.25, -0.2) is 0 Å². The van der Waals surface area contributed by atoms with Gasteiger partial charge in [0.25, 0.3) is 0 Å². The molecular weight excluding hydrogens is 178 g/mol. The molecule has 2 aromatic rings. The molecule has 0 aliphatic carbocycles. The normalized spacial score (nSPS) is 10.4. The van der Waals surface area contributed by atoms with Gasteiger partial charge in [0.05, 0.1) is 18.1 Å². The van der Waals surface area contributed by atoms with Gasteiger partial charge in [-0.1, -0.05) is 0 Å². The van der Waals surface area contributed by atoms with Crippen LogP contribution >= 0.6 is 0 Å². The van der Waals surface area contributed by atoms with Gasteiger partial charge in [-0.15, -0.1) is 0 Å². The summed E-state index contributed by atoms with van der Waals surface area (Å²) in [4.78, 5) is 8.21. The molecule has 14 heavy (non-hydrogen) atoms. The Balaban J connectivity index is 2.37. The second-order valence-electron chi connectivity index (χ2n) is 2.89. The van der Waals surface area contributed by atoms with Gasteiger partial charge < -0.3 is 5.32 Å². The van der Waals surface area contributed by atoms with Crippen LogP contribution in [0.3, 0.4) is 0 Å². The van der Waals surface area contributed by atoms with Crippen LogP contribution in [-0.2, 0) is 6.54 Å². The molecule has 2 rings (SSSR count). The maximum atomic E-state index is 4.20. The van der Waals surface area contributed by atoms with E-state index in [9.17, 15) is 0 Å². The minimum Gasteiger partial charge on any atom is -0.316 e. The van der Waals surface area contributed by atoms with Gasteiger partial charge in [0.2, 0.25) is 0 Å². The molecule has 0 unspecified atom stereocenters. The van der Waals surface area contributed by atoms with E-state index < -0.39 is 0 Å². The summed E-state index contributed by atoms with van der Waals surface area (Å²) in [6.07, 6.45) is 6.82. The van der Waals surface area contributed by atoms with Gasteiger partial charge >= 0.3 is 0 Å². The summed E-state index contributed by atoms with van der Waals surface area (Å²) in [7, 11) is 1.90. The molecule has 5 nitrogen and oxygen atoms in total. The Morgan fingerprint density at radius 1 is 1.36 bits per heavy atom. The first-order valence-electron chi connectivity index (χ1n) is 4.35. The Morgan fingerprint density at radius 3 is 3.00 bits per heavy atom. The third-order valence-electron chi connectivity index (χ3n) is 1.90. The van der Waals surface area contributed by atoms with Crippen molar-refractivity contribution in [2.75, 3.05) is 7.05 Å². The summed E-state index contributed by atoms with van der Waals surface area (Å²) in [6.45, 7) is 0.766. The van der Waals surface area contributed by atoms with Crippen molar-refractivity contribution in [2.24, 2.45) is 0 Å². The maximum absolute atomic E-state index is 4.20. The summed E-state index contributed by atoms with van der Waals surface area (Å²) >= 11 is 0. The molecule has 0 amide bonds. The summed E-state index contributed by atoms with van der Waals surface area (Å²) < 4.78 is 0. The quantitative estimate of drug-likeness (QED) is 0.741. The minimum absolute atomic E-state index is 0.766. The van der Waals surface area contributed by atoms with Gasteiger partial charge in [0, 0.05) is 24.5 Å². The van der Waals surface area contributed by atoms with E-state index in [0.717, 1.165) is 23.5 Å². The second kappa shape index (κ2) is 3.97. The lowest BCUT2D eigenvalue weighted by molar-refractivity contribution is 0.819. The average molecular weight is 189 g/mol. The standard InChI is InChI=1S/C9H11N5/c1-10-4-7-5-13-14-9(7)8-6-11-2-3-12-8/h2-3,5-6,10H,4H2,1H3,(H,13,14). The largest absolute Gasteiger partial charge is 0.316 e. The molecule has 0 radical (unpaired) electrons. The molecule has 5 heteroatoms. The van der Waals surface area contributed by atoms with E-state index in [1.807, 2.05) is 7.05 Å². The first kappa shape index (κ1) is 8.83. The molecule has 0 saturated carbocycles. The molecule has 0 fully saturated rings. The molecule has 0 saturated heterocycles. The van der Waals surface area contributed by atoms with E-state index in [0.29, 0.717) is 0 Å². The number of H-pyrrole nitrogens is 1. The number of aromatic amines is 1. The van der Waals surface area contributed by atoms with Crippen LogP contribution in [-0.4, -0.2) is 27.2 Å². The van der Waals surface area contributed by atoms with Crippen LogP contribution in [0.2, 0.25) is 0 Å². The molecule has 0 atom stereocenters. The van der Waals surface area contributed by atoms with Crippen LogP contribution < -0.4 is 5.32 Å². The van der Waals surface area contributed by atoms with Crippen molar-refractivity contribution in [1.29, 1.82) is 0 Å². The fourth-order valence-electron chi connectivity index (χ4n) is 1.29. The smallest absolute Gasteiger partial charge is 0.107 e. The molecule has 0 aromatic carbocycles. The van der Waals surface area contributed by atoms with E-state index in [2.05, 4.69) is 25.5 Å². The highest BCUT2D eigenvalue weighted by Crippen LogP contribution is 2.16. The molecule has 2 heterocycles. The summed E-state index contributed by atoms with van der Waals surface area (Å²) in [5.74, 6) is 0. The zero-order valence-electron chi connectivity index (χ0n) is 7.86. The van der Waals surface area contributed by atoms with Crippen LogP contribution in [0.15, 0.2) is 24.8 Å². The van der Waals surface area contributed by atoms with Gasteiger partial charge in [-0.05, 0) is 7.05 Å². The Bertz CT molecular complexity index is 395. The van der Waals surface area contributed by atoms with Crippen molar-refractivity contribution in [3.63, 3.8) is 0 Å². The number of nitrogens with one attached hydrogen (secondary N) is 2. The lowest BCUT2D eigenvalue weighted by atomic mass is 10.2. The zero-order chi connectivity index (χ0) is 9.80. The van der Waals surface area contributed by atoms with E-state index in [-0.39, 0.29) is 0 Å². The number of rotatable bonds is 3. The van der Waals surface area contributed by atoms with Gasteiger partial charge in [-0.3, -0.25) is 15.1 Å². The summed E-state index contributed by atoms with van der Waals surface area (Å²) in [5.41, 5.74) is 2.83. The van der Waals surface area contributed by atoms with Crippen molar-refractivity contribution in [1.82, 2.24) is 25.5 Å².